The lowest BCUT2D eigenvalue weighted by molar-refractivity contribution is 0.0955. The smallest absolute Gasteiger partial charge is 0.263 e. The zero-order valence-electron chi connectivity index (χ0n) is 14.2. The number of carbonyl (C=O) groups excluding carboxylic acids is 1. The Morgan fingerprint density at radius 3 is 2.65 bits per heavy atom. The zero-order chi connectivity index (χ0) is 17.9. The van der Waals surface area contributed by atoms with Gasteiger partial charge in [0.25, 0.3) is 5.91 Å². The Bertz CT molecular complexity index is 1040. The molecule has 0 unspecified atom stereocenters. The molecular formula is C20H17N3O2S. The molecule has 6 heteroatoms. The SMILES string of the molecule is COc1ccc(CNC(=O)c2sc3ncccc3c2-n2cccc2)cc1. The highest BCUT2D eigenvalue weighted by atomic mass is 32.1. The second-order valence-electron chi connectivity index (χ2n) is 5.76. The topological polar surface area (TPSA) is 56.1 Å². The van der Waals surface area contributed by atoms with E-state index < -0.39 is 0 Å². The lowest BCUT2D eigenvalue weighted by atomic mass is 10.2. The van der Waals surface area contributed by atoms with E-state index in [-0.39, 0.29) is 5.91 Å². The van der Waals surface area contributed by atoms with Gasteiger partial charge in [0.1, 0.15) is 15.5 Å². The summed E-state index contributed by atoms with van der Waals surface area (Å²) in [6.07, 6.45) is 5.63. The number of carbonyl (C=O) groups is 1. The van der Waals surface area contributed by atoms with Crippen LogP contribution in [0.4, 0.5) is 0 Å². The quantitative estimate of drug-likeness (QED) is 0.582. The molecule has 0 spiro atoms. The van der Waals surface area contributed by atoms with E-state index in [9.17, 15) is 4.79 Å². The third-order valence-electron chi connectivity index (χ3n) is 4.12. The van der Waals surface area contributed by atoms with E-state index in [1.807, 2.05) is 65.5 Å². The molecule has 1 aromatic carbocycles. The number of ether oxygens (including phenoxy) is 1. The first-order chi connectivity index (χ1) is 12.8. The second-order valence-corrected chi connectivity index (χ2v) is 6.76. The van der Waals surface area contributed by atoms with Crippen molar-refractivity contribution in [1.29, 1.82) is 0 Å². The minimum absolute atomic E-state index is 0.104. The van der Waals surface area contributed by atoms with Crippen molar-refractivity contribution in [2.45, 2.75) is 6.54 Å². The summed E-state index contributed by atoms with van der Waals surface area (Å²) in [4.78, 5) is 18.8. The third-order valence-corrected chi connectivity index (χ3v) is 5.22. The molecule has 0 saturated heterocycles. The van der Waals surface area contributed by atoms with Crippen LogP contribution in [0.5, 0.6) is 5.75 Å². The summed E-state index contributed by atoms with van der Waals surface area (Å²) in [5.74, 6) is 0.693. The Morgan fingerprint density at radius 2 is 1.92 bits per heavy atom. The molecule has 5 nitrogen and oxygen atoms in total. The monoisotopic (exact) mass is 363 g/mol. The van der Waals surface area contributed by atoms with Crippen LogP contribution >= 0.6 is 11.3 Å². The third kappa shape index (κ3) is 3.07. The van der Waals surface area contributed by atoms with Gasteiger partial charge >= 0.3 is 0 Å². The van der Waals surface area contributed by atoms with Gasteiger partial charge in [-0.15, -0.1) is 11.3 Å². The zero-order valence-corrected chi connectivity index (χ0v) is 15.0. The molecule has 1 N–H and O–H groups in total. The molecule has 0 aliphatic heterocycles. The van der Waals surface area contributed by atoms with Gasteiger partial charge in [-0.2, -0.15) is 0 Å². The maximum atomic E-state index is 12.9. The molecule has 0 aliphatic carbocycles. The number of aromatic nitrogens is 2. The van der Waals surface area contributed by atoms with Gasteiger partial charge in [-0.1, -0.05) is 12.1 Å². The normalized spacial score (nSPS) is 10.8. The van der Waals surface area contributed by atoms with Gasteiger partial charge in [-0.25, -0.2) is 4.98 Å². The fraction of sp³-hybridized carbons (Fsp3) is 0.100. The van der Waals surface area contributed by atoms with Gasteiger partial charge in [0, 0.05) is 30.5 Å². The number of thiophene rings is 1. The van der Waals surface area contributed by atoms with Crippen molar-refractivity contribution >= 4 is 27.5 Å². The van der Waals surface area contributed by atoms with E-state index in [0.717, 1.165) is 27.2 Å². The number of rotatable bonds is 5. The maximum Gasteiger partial charge on any atom is 0.263 e. The summed E-state index contributed by atoms with van der Waals surface area (Å²) in [5.41, 5.74) is 1.89. The number of pyridine rings is 1. The molecule has 1 amide bonds. The highest BCUT2D eigenvalue weighted by Crippen LogP contribution is 2.33. The number of benzene rings is 1. The lowest BCUT2D eigenvalue weighted by Gasteiger charge is -2.08. The first-order valence-corrected chi connectivity index (χ1v) is 9.00. The van der Waals surface area contributed by atoms with Crippen LogP contribution in [0.25, 0.3) is 15.9 Å². The first-order valence-electron chi connectivity index (χ1n) is 8.18. The second kappa shape index (κ2) is 7.01. The van der Waals surface area contributed by atoms with Crippen LogP contribution in [-0.2, 0) is 6.54 Å². The molecule has 4 aromatic rings. The number of hydrogen-bond donors (Lipinski definition) is 1. The number of nitrogens with one attached hydrogen (secondary N) is 1. The molecule has 4 rings (SSSR count). The summed E-state index contributed by atoms with van der Waals surface area (Å²) in [7, 11) is 1.63. The van der Waals surface area contributed by atoms with E-state index in [2.05, 4.69) is 10.3 Å². The van der Waals surface area contributed by atoms with Gasteiger partial charge in [-0.05, 0) is 42.0 Å². The Balaban J connectivity index is 1.63. The molecule has 3 heterocycles. The number of nitrogens with zero attached hydrogens (tertiary/aromatic N) is 2. The predicted octanol–water partition coefficient (Wildman–Crippen LogP) is 4.03. The summed E-state index contributed by atoms with van der Waals surface area (Å²) < 4.78 is 7.12. The molecular weight excluding hydrogens is 346 g/mol. The molecule has 0 atom stereocenters. The summed E-state index contributed by atoms with van der Waals surface area (Å²) in [6, 6.07) is 15.4. The Morgan fingerprint density at radius 1 is 1.15 bits per heavy atom. The van der Waals surface area contributed by atoms with Crippen LogP contribution in [0.3, 0.4) is 0 Å². The Kier molecular flexibility index (Phi) is 4.41. The number of methoxy groups -OCH3 is 1. The Labute approximate surface area is 154 Å². The highest BCUT2D eigenvalue weighted by Gasteiger charge is 2.20. The summed E-state index contributed by atoms with van der Waals surface area (Å²) >= 11 is 1.41. The number of amides is 1. The van der Waals surface area contributed by atoms with Crippen molar-refractivity contribution in [3.05, 3.63) is 77.6 Å². The van der Waals surface area contributed by atoms with Crippen molar-refractivity contribution in [3.63, 3.8) is 0 Å². The molecule has 3 aromatic heterocycles. The van der Waals surface area contributed by atoms with Gasteiger partial charge in [0.05, 0.1) is 12.8 Å². The molecule has 130 valence electrons. The van der Waals surface area contributed by atoms with Crippen molar-refractivity contribution in [2.75, 3.05) is 7.11 Å². The van der Waals surface area contributed by atoms with Gasteiger partial charge < -0.3 is 14.6 Å². The van der Waals surface area contributed by atoms with Crippen LogP contribution in [0.15, 0.2) is 67.1 Å². The summed E-state index contributed by atoms with van der Waals surface area (Å²) in [5, 5.41) is 3.98. The standard InChI is InChI=1S/C20H17N3O2S/c1-25-15-8-6-14(7-9-15)13-22-19(24)18-17(23-11-2-3-12-23)16-5-4-10-21-20(16)26-18/h2-12H,13H2,1H3,(H,22,24). The van der Waals surface area contributed by atoms with Crippen LogP contribution in [-0.4, -0.2) is 22.6 Å². The van der Waals surface area contributed by atoms with Crippen LogP contribution in [0, 0.1) is 0 Å². The van der Waals surface area contributed by atoms with Gasteiger partial charge in [0.2, 0.25) is 0 Å². The average Bonchev–Trinajstić information content (AvgIpc) is 3.33. The first kappa shape index (κ1) is 16.4. The molecule has 26 heavy (non-hydrogen) atoms. The van der Waals surface area contributed by atoms with E-state index in [4.69, 9.17) is 4.74 Å². The highest BCUT2D eigenvalue weighted by molar-refractivity contribution is 7.21. The van der Waals surface area contributed by atoms with Crippen LogP contribution < -0.4 is 10.1 Å². The van der Waals surface area contributed by atoms with E-state index in [0.29, 0.717) is 11.4 Å². The minimum atomic E-state index is -0.104. The van der Waals surface area contributed by atoms with Crippen molar-refractivity contribution < 1.29 is 9.53 Å². The fourth-order valence-electron chi connectivity index (χ4n) is 2.82. The van der Waals surface area contributed by atoms with E-state index in [1.165, 1.54) is 11.3 Å². The van der Waals surface area contributed by atoms with E-state index in [1.54, 1.807) is 13.3 Å². The molecule has 0 fully saturated rings. The average molecular weight is 363 g/mol. The van der Waals surface area contributed by atoms with Gasteiger partial charge in [0.15, 0.2) is 0 Å². The Hall–Kier alpha value is -3.12. The fourth-order valence-corrected chi connectivity index (χ4v) is 3.88. The summed E-state index contributed by atoms with van der Waals surface area (Å²) in [6.45, 7) is 0.454. The van der Waals surface area contributed by atoms with Crippen LogP contribution in [0.1, 0.15) is 15.2 Å². The number of fused-ring (bicyclic) bond motifs is 1. The van der Waals surface area contributed by atoms with Crippen molar-refractivity contribution in [1.82, 2.24) is 14.9 Å². The number of hydrogen-bond acceptors (Lipinski definition) is 4. The van der Waals surface area contributed by atoms with Crippen molar-refractivity contribution in [3.8, 4) is 11.4 Å². The molecule has 0 radical (unpaired) electrons. The molecule has 0 bridgehead atoms. The largest absolute Gasteiger partial charge is 0.497 e. The van der Waals surface area contributed by atoms with E-state index >= 15 is 0 Å². The molecule has 0 saturated carbocycles. The lowest BCUT2D eigenvalue weighted by Crippen LogP contribution is -2.22. The van der Waals surface area contributed by atoms with Gasteiger partial charge in [-0.3, -0.25) is 4.79 Å². The predicted molar refractivity (Wildman–Crippen MR) is 103 cm³/mol. The molecule has 0 aliphatic rings. The minimum Gasteiger partial charge on any atom is -0.497 e. The van der Waals surface area contributed by atoms with Crippen molar-refractivity contribution in [2.24, 2.45) is 0 Å². The maximum absolute atomic E-state index is 12.9. The van der Waals surface area contributed by atoms with Crippen LogP contribution in [0.2, 0.25) is 0 Å².